The van der Waals surface area contributed by atoms with Crippen LogP contribution in [-0.4, -0.2) is 16.8 Å². The average Bonchev–Trinajstić information content (AvgIpc) is 2.21. The number of amides is 1. The summed E-state index contributed by atoms with van der Waals surface area (Å²) in [6.07, 6.45) is 0. The van der Waals surface area contributed by atoms with Gasteiger partial charge in [-0.2, -0.15) is 0 Å². The van der Waals surface area contributed by atoms with Crippen molar-refractivity contribution in [3.8, 4) is 0 Å². The maximum Gasteiger partial charge on any atom is 0.253 e. The fraction of sp³-hybridized carbons (Fsp3) is 0.417. The largest absolute Gasteiger partial charge is 0.346 e. The summed E-state index contributed by atoms with van der Waals surface area (Å²) in [7, 11) is 0. The zero-order chi connectivity index (χ0) is 13.2. The molecule has 1 unspecified atom stereocenters. The van der Waals surface area contributed by atoms with Gasteiger partial charge in [0, 0.05) is 0 Å². The van der Waals surface area contributed by atoms with Crippen molar-refractivity contribution in [1.29, 1.82) is 0 Å². The molecule has 0 spiro atoms. The molecule has 1 N–H and O–H groups in total. The molecular formula is C12H14Cl3NO. The van der Waals surface area contributed by atoms with Crippen LogP contribution in [0.15, 0.2) is 18.2 Å². The van der Waals surface area contributed by atoms with Crippen LogP contribution in [0.3, 0.4) is 0 Å². The van der Waals surface area contributed by atoms with Gasteiger partial charge in [-0.15, -0.1) is 11.6 Å². The number of carbonyl (C=O) groups excluding carboxylic acids is 1. The number of alkyl halides is 1. The van der Waals surface area contributed by atoms with E-state index in [2.05, 4.69) is 5.32 Å². The van der Waals surface area contributed by atoms with Gasteiger partial charge in [0.15, 0.2) is 0 Å². The molecule has 5 heteroatoms. The van der Waals surface area contributed by atoms with E-state index in [0.29, 0.717) is 10.6 Å². The van der Waals surface area contributed by atoms with Crippen molar-refractivity contribution >= 4 is 40.7 Å². The molecule has 94 valence electrons. The summed E-state index contributed by atoms with van der Waals surface area (Å²) in [6, 6.07) is 4.94. The maximum absolute atomic E-state index is 12.0. The Hall–Kier alpha value is -0.440. The standard InChI is InChI=1S/C12H14Cl3NO/c1-7(13)12(2,3)16-11(17)8-5-4-6-9(14)10(8)15/h4-7H,1-3H3,(H,16,17). The van der Waals surface area contributed by atoms with E-state index in [4.69, 9.17) is 34.8 Å². The van der Waals surface area contributed by atoms with Crippen LogP contribution in [0, 0.1) is 0 Å². The molecule has 0 fully saturated rings. The van der Waals surface area contributed by atoms with Crippen molar-refractivity contribution in [1.82, 2.24) is 5.32 Å². The summed E-state index contributed by atoms with van der Waals surface area (Å²) in [5.41, 5.74) is -0.172. The lowest BCUT2D eigenvalue weighted by molar-refractivity contribution is 0.0912. The van der Waals surface area contributed by atoms with Gasteiger partial charge in [0.2, 0.25) is 0 Å². The van der Waals surface area contributed by atoms with E-state index < -0.39 is 5.54 Å². The first kappa shape index (κ1) is 14.6. The number of halogens is 3. The van der Waals surface area contributed by atoms with Crippen LogP contribution in [0.5, 0.6) is 0 Å². The van der Waals surface area contributed by atoms with Crippen LogP contribution in [0.2, 0.25) is 10.0 Å². The van der Waals surface area contributed by atoms with Crippen molar-refractivity contribution < 1.29 is 4.79 Å². The molecule has 1 aromatic rings. The Morgan fingerprint density at radius 1 is 1.35 bits per heavy atom. The van der Waals surface area contributed by atoms with E-state index in [9.17, 15) is 4.79 Å². The van der Waals surface area contributed by atoms with Crippen LogP contribution in [-0.2, 0) is 0 Å². The van der Waals surface area contributed by atoms with Crippen molar-refractivity contribution in [3.05, 3.63) is 33.8 Å². The van der Waals surface area contributed by atoms with Crippen molar-refractivity contribution in [2.45, 2.75) is 31.7 Å². The van der Waals surface area contributed by atoms with Crippen LogP contribution < -0.4 is 5.32 Å². The first-order chi connectivity index (χ1) is 7.75. The second-order valence-corrected chi connectivity index (χ2v) is 5.83. The second kappa shape index (κ2) is 5.47. The molecule has 17 heavy (non-hydrogen) atoms. The monoisotopic (exact) mass is 293 g/mol. The van der Waals surface area contributed by atoms with E-state index in [1.807, 2.05) is 20.8 Å². The number of hydrogen-bond donors (Lipinski definition) is 1. The topological polar surface area (TPSA) is 29.1 Å². The predicted octanol–water partition coefficient (Wildman–Crippen LogP) is 4.13. The molecule has 2 nitrogen and oxygen atoms in total. The molecule has 0 aliphatic rings. The highest BCUT2D eigenvalue weighted by Gasteiger charge is 2.27. The van der Waals surface area contributed by atoms with Gasteiger partial charge in [0.25, 0.3) is 5.91 Å². The van der Waals surface area contributed by atoms with Crippen LogP contribution in [0.25, 0.3) is 0 Å². The Balaban J connectivity index is 2.95. The first-order valence-electron chi connectivity index (χ1n) is 5.16. The molecule has 1 aromatic carbocycles. The number of nitrogens with one attached hydrogen (secondary N) is 1. The normalized spacial score (nSPS) is 13.3. The summed E-state index contributed by atoms with van der Waals surface area (Å²) in [5.74, 6) is -0.282. The summed E-state index contributed by atoms with van der Waals surface area (Å²) >= 11 is 17.8. The third-order valence-electron chi connectivity index (χ3n) is 2.63. The molecular weight excluding hydrogens is 280 g/mol. The van der Waals surface area contributed by atoms with Gasteiger partial charge in [-0.05, 0) is 32.9 Å². The molecule has 0 aliphatic heterocycles. The first-order valence-corrected chi connectivity index (χ1v) is 6.35. The van der Waals surface area contributed by atoms with E-state index in [1.54, 1.807) is 18.2 Å². The van der Waals surface area contributed by atoms with Gasteiger partial charge in [-0.25, -0.2) is 0 Å². The highest BCUT2D eigenvalue weighted by atomic mass is 35.5. The van der Waals surface area contributed by atoms with Gasteiger partial charge >= 0.3 is 0 Å². The number of hydrogen-bond acceptors (Lipinski definition) is 1. The highest BCUT2D eigenvalue weighted by Crippen LogP contribution is 2.26. The maximum atomic E-state index is 12.0. The minimum absolute atomic E-state index is 0.204. The smallest absolute Gasteiger partial charge is 0.253 e. The molecule has 0 aromatic heterocycles. The molecule has 0 heterocycles. The number of rotatable bonds is 3. The van der Waals surface area contributed by atoms with Gasteiger partial charge in [-0.1, -0.05) is 29.3 Å². The molecule has 0 bridgehead atoms. The van der Waals surface area contributed by atoms with Crippen LogP contribution >= 0.6 is 34.8 Å². The molecule has 1 amide bonds. The number of carbonyl (C=O) groups is 1. The fourth-order valence-corrected chi connectivity index (χ4v) is 1.58. The lowest BCUT2D eigenvalue weighted by atomic mass is 10.0. The summed E-state index contributed by atoms with van der Waals surface area (Å²) in [5, 5.41) is 3.23. The minimum atomic E-state index is -0.524. The minimum Gasteiger partial charge on any atom is -0.346 e. The van der Waals surface area contributed by atoms with Gasteiger partial charge in [0.1, 0.15) is 0 Å². The molecule has 0 radical (unpaired) electrons. The van der Waals surface area contributed by atoms with Gasteiger partial charge < -0.3 is 5.32 Å². The van der Waals surface area contributed by atoms with E-state index in [-0.39, 0.29) is 16.3 Å². The molecule has 0 saturated heterocycles. The molecule has 1 rings (SSSR count). The van der Waals surface area contributed by atoms with Crippen LogP contribution in [0.1, 0.15) is 31.1 Å². The summed E-state index contributed by atoms with van der Waals surface area (Å²) < 4.78 is 0. The Morgan fingerprint density at radius 3 is 2.47 bits per heavy atom. The Kier molecular flexibility index (Phi) is 4.70. The molecule has 0 aliphatic carbocycles. The van der Waals surface area contributed by atoms with Gasteiger partial charge in [-0.3, -0.25) is 4.79 Å². The highest BCUT2D eigenvalue weighted by molar-refractivity contribution is 6.43. The Bertz CT molecular complexity index is 430. The van der Waals surface area contributed by atoms with Crippen molar-refractivity contribution in [2.24, 2.45) is 0 Å². The van der Waals surface area contributed by atoms with Crippen molar-refractivity contribution in [3.63, 3.8) is 0 Å². The number of benzene rings is 1. The third kappa shape index (κ3) is 3.51. The lowest BCUT2D eigenvalue weighted by Crippen LogP contribution is -2.49. The predicted molar refractivity (Wildman–Crippen MR) is 73.3 cm³/mol. The third-order valence-corrected chi connectivity index (χ3v) is 3.99. The van der Waals surface area contributed by atoms with E-state index in [0.717, 1.165) is 0 Å². The molecule has 1 atom stereocenters. The second-order valence-electron chi connectivity index (χ2n) is 4.39. The summed E-state index contributed by atoms with van der Waals surface area (Å²) in [4.78, 5) is 12.0. The van der Waals surface area contributed by atoms with E-state index >= 15 is 0 Å². The Morgan fingerprint density at radius 2 is 1.94 bits per heavy atom. The van der Waals surface area contributed by atoms with Crippen molar-refractivity contribution in [2.75, 3.05) is 0 Å². The SMILES string of the molecule is CC(Cl)C(C)(C)NC(=O)c1cccc(Cl)c1Cl. The average molecular weight is 295 g/mol. The van der Waals surface area contributed by atoms with Crippen LogP contribution in [0.4, 0.5) is 0 Å². The zero-order valence-corrected chi connectivity index (χ0v) is 12.1. The lowest BCUT2D eigenvalue weighted by Gasteiger charge is -2.29. The van der Waals surface area contributed by atoms with Gasteiger partial charge in [0.05, 0.1) is 26.5 Å². The zero-order valence-electron chi connectivity index (χ0n) is 9.85. The molecule has 0 saturated carbocycles. The summed E-state index contributed by atoms with van der Waals surface area (Å²) in [6.45, 7) is 5.52. The van der Waals surface area contributed by atoms with E-state index in [1.165, 1.54) is 0 Å². The fourth-order valence-electron chi connectivity index (χ4n) is 1.14. The quantitative estimate of drug-likeness (QED) is 0.835. The Labute approximate surface area is 116 Å².